The van der Waals surface area contributed by atoms with Crippen LogP contribution in [0.2, 0.25) is 0 Å². The summed E-state index contributed by atoms with van der Waals surface area (Å²) in [5, 5.41) is 0. The Bertz CT molecular complexity index is 277. The molecule has 2 unspecified atom stereocenters. The third-order valence-corrected chi connectivity index (χ3v) is 3.93. The van der Waals surface area contributed by atoms with Crippen LogP contribution in [0.15, 0.2) is 0 Å². The number of hydrogen-bond acceptors (Lipinski definition) is 2. The van der Waals surface area contributed by atoms with Gasteiger partial charge in [-0.3, -0.25) is 4.90 Å². The maximum atomic E-state index is 12.3. The Hall–Kier alpha value is -0.220. The van der Waals surface area contributed by atoms with Crippen molar-refractivity contribution in [1.29, 1.82) is 0 Å². The Kier molecular flexibility index (Phi) is 3.47. The van der Waals surface area contributed by atoms with Crippen molar-refractivity contribution in [3.05, 3.63) is 0 Å². The summed E-state index contributed by atoms with van der Waals surface area (Å²) in [5.74, 6) is 0. The predicted molar refractivity (Wildman–Crippen MR) is 63.1 cm³/mol. The van der Waals surface area contributed by atoms with Crippen LogP contribution in [0.4, 0.5) is 8.78 Å². The average molecular weight is 247 g/mol. The highest BCUT2D eigenvalue weighted by molar-refractivity contribution is 5.05. The molecule has 0 amide bonds. The van der Waals surface area contributed by atoms with E-state index in [1.165, 1.54) is 6.42 Å². The van der Waals surface area contributed by atoms with E-state index in [9.17, 15) is 8.78 Å². The van der Waals surface area contributed by atoms with Crippen LogP contribution < -0.4 is 0 Å². The van der Waals surface area contributed by atoms with Gasteiger partial charge in [0.15, 0.2) is 0 Å². The molecule has 2 aliphatic heterocycles. The monoisotopic (exact) mass is 247 g/mol. The molecule has 0 aromatic heterocycles. The molecule has 0 aromatic carbocycles. The predicted octanol–water partition coefficient (Wildman–Crippen LogP) is 3.27. The van der Waals surface area contributed by atoms with Crippen molar-refractivity contribution >= 4 is 0 Å². The minimum absolute atomic E-state index is 0.123. The van der Waals surface area contributed by atoms with Gasteiger partial charge in [0.25, 0.3) is 0 Å². The summed E-state index contributed by atoms with van der Waals surface area (Å²) in [4.78, 5) is 2.38. The molecule has 0 radical (unpaired) electrons. The SMILES string of the molecule is CC(C)(C)CC12CCCN1CC(OC(F)F)C2. The lowest BCUT2D eigenvalue weighted by Gasteiger charge is -2.37. The first-order chi connectivity index (χ1) is 7.81. The number of alkyl halides is 2. The van der Waals surface area contributed by atoms with Crippen molar-refractivity contribution in [3.63, 3.8) is 0 Å². The van der Waals surface area contributed by atoms with Crippen molar-refractivity contribution in [3.8, 4) is 0 Å². The molecule has 2 fully saturated rings. The summed E-state index contributed by atoms with van der Waals surface area (Å²) in [6.45, 7) is 5.75. The summed E-state index contributed by atoms with van der Waals surface area (Å²) >= 11 is 0. The van der Waals surface area contributed by atoms with Gasteiger partial charge in [-0.15, -0.1) is 0 Å². The fourth-order valence-corrected chi connectivity index (χ4v) is 3.74. The number of ether oxygens (including phenoxy) is 1. The molecule has 2 atom stereocenters. The van der Waals surface area contributed by atoms with E-state index in [2.05, 4.69) is 25.7 Å². The molecule has 2 rings (SSSR count). The number of fused-ring (bicyclic) bond motifs is 1. The summed E-state index contributed by atoms with van der Waals surface area (Å²) < 4.78 is 29.3. The fraction of sp³-hybridized carbons (Fsp3) is 1.00. The van der Waals surface area contributed by atoms with Crippen molar-refractivity contribution < 1.29 is 13.5 Å². The van der Waals surface area contributed by atoms with Crippen LogP contribution >= 0.6 is 0 Å². The van der Waals surface area contributed by atoms with E-state index in [4.69, 9.17) is 4.74 Å². The lowest BCUT2D eigenvalue weighted by atomic mass is 9.77. The molecule has 17 heavy (non-hydrogen) atoms. The third kappa shape index (κ3) is 2.97. The molecule has 0 bridgehead atoms. The van der Waals surface area contributed by atoms with E-state index in [1.807, 2.05) is 0 Å². The van der Waals surface area contributed by atoms with E-state index >= 15 is 0 Å². The van der Waals surface area contributed by atoms with Crippen molar-refractivity contribution in [2.45, 2.75) is 64.7 Å². The van der Waals surface area contributed by atoms with Crippen LogP contribution in [0.5, 0.6) is 0 Å². The maximum absolute atomic E-state index is 12.3. The van der Waals surface area contributed by atoms with Crippen molar-refractivity contribution in [2.75, 3.05) is 13.1 Å². The average Bonchev–Trinajstić information content (AvgIpc) is 2.54. The number of rotatable bonds is 3. The van der Waals surface area contributed by atoms with Gasteiger partial charge >= 0.3 is 6.61 Å². The zero-order valence-electron chi connectivity index (χ0n) is 11.0. The third-order valence-electron chi connectivity index (χ3n) is 3.93. The van der Waals surface area contributed by atoms with Crippen LogP contribution in [0.3, 0.4) is 0 Å². The Labute approximate surface area is 102 Å². The first-order valence-corrected chi connectivity index (χ1v) is 6.49. The van der Waals surface area contributed by atoms with Gasteiger partial charge in [-0.25, -0.2) is 0 Å². The summed E-state index contributed by atoms with van der Waals surface area (Å²) in [6.07, 6.45) is 3.89. The molecule has 100 valence electrons. The Morgan fingerprint density at radius 1 is 1.41 bits per heavy atom. The second kappa shape index (κ2) is 4.47. The van der Waals surface area contributed by atoms with Crippen LogP contribution in [0.25, 0.3) is 0 Å². The normalized spacial score (nSPS) is 34.6. The Morgan fingerprint density at radius 2 is 2.12 bits per heavy atom. The zero-order valence-corrected chi connectivity index (χ0v) is 11.0. The first kappa shape index (κ1) is 13.2. The molecule has 2 nitrogen and oxygen atoms in total. The first-order valence-electron chi connectivity index (χ1n) is 6.49. The number of nitrogens with zero attached hydrogens (tertiary/aromatic N) is 1. The molecule has 0 aromatic rings. The van der Waals surface area contributed by atoms with Gasteiger partial charge in [-0.05, 0) is 37.6 Å². The molecule has 2 aliphatic rings. The molecule has 0 spiro atoms. The smallest absolute Gasteiger partial charge is 0.318 e. The van der Waals surface area contributed by atoms with Gasteiger partial charge in [-0.1, -0.05) is 20.8 Å². The highest BCUT2D eigenvalue weighted by Crippen LogP contribution is 2.46. The quantitative estimate of drug-likeness (QED) is 0.759. The summed E-state index contributed by atoms with van der Waals surface area (Å²) in [6, 6.07) is 0. The minimum atomic E-state index is -2.63. The molecular weight excluding hydrogens is 224 g/mol. The van der Waals surface area contributed by atoms with Gasteiger partial charge in [0.05, 0.1) is 6.10 Å². The maximum Gasteiger partial charge on any atom is 0.345 e. The lowest BCUT2D eigenvalue weighted by molar-refractivity contribution is -0.159. The highest BCUT2D eigenvalue weighted by Gasteiger charge is 2.50. The van der Waals surface area contributed by atoms with Gasteiger partial charge in [0.2, 0.25) is 0 Å². The highest BCUT2D eigenvalue weighted by atomic mass is 19.3. The largest absolute Gasteiger partial charge is 0.345 e. The molecule has 0 saturated carbocycles. The topological polar surface area (TPSA) is 12.5 Å². The molecular formula is C13H23F2NO. The van der Waals surface area contributed by atoms with Crippen LogP contribution in [0, 0.1) is 5.41 Å². The van der Waals surface area contributed by atoms with Crippen molar-refractivity contribution in [2.24, 2.45) is 5.41 Å². The Morgan fingerprint density at radius 3 is 2.71 bits per heavy atom. The second-order valence-corrected chi connectivity index (χ2v) is 6.73. The van der Waals surface area contributed by atoms with E-state index in [0.29, 0.717) is 6.54 Å². The molecule has 2 saturated heterocycles. The van der Waals surface area contributed by atoms with Gasteiger partial charge in [0, 0.05) is 12.1 Å². The van der Waals surface area contributed by atoms with E-state index in [1.54, 1.807) is 0 Å². The molecule has 2 heterocycles. The number of halogens is 2. The fourth-order valence-electron chi connectivity index (χ4n) is 3.74. The van der Waals surface area contributed by atoms with E-state index < -0.39 is 6.61 Å². The number of hydrogen-bond donors (Lipinski definition) is 0. The van der Waals surface area contributed by atoms with E-state index in [0.717, 1.165) is 25.8 Å². The van der Waals surface area contributed by atoms with E-state index in [-0.39, 0.29) is 17.1 Å². The van der Waals surface area contributed by atoms with Gasteiger partial charge in [-0.2, -0.15) is 8.78 Å². The summed E-state index contributed by atoms with van der Waals surface area (Å²) in [5.41, 5.74) is 0.361. The molecule has 4 heteroatoms. The van der Waals surface area contributed by atoms with Crippen LogP contribution in [0.1, 0.15) is 46.5 Å². The second-order valence-electron chi connectivity index (χ2n) is 6.73. The summed E-state index contributed by atoms with van der Waals surface area (Å²) in [7, 11) is 0. The zero-order chi connectivity index (χ0) is 12.7. The molecule has 0 aliphatic carbocycles. The molecule has 0 N–H and O–H groups in total. The van der Waals surface area contributed by atoms with Crippen LogP contribution in [-0.4, -0.2) is 36.2 Å². The Balaban J connectivity index is 2.04. The standard InChI is InChI=1S/C13H23F2NO/c1-12(2,3)9-13-5-4-6-16(13)8-10(7-13)17-11(14)15/h10-11H,4-9H2,1-3H3. The van der Waals surface area contributed by atoms with Crippen LogP contribution in [-0.2, 0) is 4.74 Å². The lowest BCUT2D eigenvalue weighted by Crippen LogP contribution is -2.41. The van der Waals surface area contributed by atoms with Crippen molar-refractivity contribution in [1.82, 2.24) is 4.90 Å². The van der Waals surface area contributed by atoms with Gasteiger partial charge < -0.3 is 4.74 Å². The van der Waals surface area contributed by atoms with Gasteiger partial charge in [0.1, 0.15) is 0 Å². The minimum Gasteiger partial charge on any atom is -0.318 e.